The lowest BCUT2D eigenvalue weighted by molar-refractivity contribution is -0.125. The van der Waals surface area contributed by atoms with Crippen LogP contribution < -0.4 is 14.8 Å². The molecule has 2 amide bonds. The van der Waals surface area contributed by atoms with Crippen LogP contribution in [0.4, 0.5) is 0 Å². The Balaban J connectivity index is 1.33. The molecule has 2 aromatic rings. The highest BCUT2D eigenvalue weighted by molar-refractivity contribution is 5.98. The van der Waals surface area contributed by atoms with Gasteiger partial charge in [0.15, 0.2) is 11.5 Å². The van der Waals surface area contributed by atoms with Crippen molar-refractivity contribution in [2.45, 2.75) is 50.7 Å². The van der Waals surface area contributed by atoms with E-state index in [0.29, 0.717) is 23.8 Å². The highest BCUT2D eigenvalue weighted by atomic mass is 16.7. The van der Waals surface area contributed by atoms with Crippen molar-refractivity contribution < 1.29 is 19.1 Å². The second-order valence-corrected chi connectivity index (χ2v) is 8.35. The first-order valence-electron chi connectivity index (χ1n) is 10.7. The number of hydrogen-bond donors (Lipinski definition) is 1. The third-order valence-electron chi connectivity index (χ3n) is 6.55. The summed E-state index contributed by atoms with van der Waals surface area (Å²) in [4.78, 5) is 28.4. The minimum absolute atomic E-state index is 0.0340. The number of likely N-dealkylation sites (tertiary alicyclic amines) is 1. The summed E-state index contributed by atoms with van der Waals surface area (Å²) in [5.41, 5.74) is 1.60. The number of hydrogen-bond acceptors (Lipinski definition) is 4. The van der Waals surface area contributed by atoms with Gasteiger partial charge in [-0.3, -0.25) is 9.59 Å². The number of nitrogens with zero attached hydrogens (tertiary/aromatic N) is 1. The van der Waals surface area contributed by atoms with Crippen molar-refractivity contribution in [2.24, 2.45) is 5.92 Å². The minimum Gasteiger partial charge on any atom is -0.454 e. The van der Waals surface area contributed by atoms with Crippen LogP contribution >= 0.6 is 0 Å². The van der Waals surface area contributed by atoms with Crippen LogP contribution in [0.5, 0.6) is 11.5 Å². The van der Waals surface area contributed by atoms with Crippen molar-refractivity contribution in [3.8, 4) is 11.5 Å². The molecule has 5 rings (SSSR count). The third-order valence-corrected chi connectivity index (χ3v) is 6.55. The fourth-order valence-electron chi connectivity index (χ4n) is 5.07. The predicted octanol–water partition coefficient (Wildman–Crippen LogP) is 3.51. The average molecular weight is 406 g/mol. The minimum atomic E-state index is -0.417. The van der Waals surface area contributed by atoms with Gasteiger partial charge in [0.2, 0.25) is 12.7 Å². The summed E-state index contributed by atoms with van der Waals surface area (Å²) in [5.74, 6) is 1.73. The Hall–Kier alpha value is -3.02. The first-order chi connectivity index (χ1) is 14.7. The van der Waals surface area contributed by atoms with E-state index in [4.69, 9.17) is 9.47 Å². The van der Waals surface area contributed by atoms with E-state index >= 15 is 0 Å². The summed E-state index contributed by atoms with van der Waals surface area (Å²) in [7, 11) is 0. The van der Waals surface area contributed by atoms with Crippen LogP contribution in [0.2, 0.25) is 0 Å². The molecule has 3 atom stereocenters. The second kappa shape index (κ2) is 8.01. The zero-order chi connectivity index (χ0) is 20.5. The van der Waals surface area contributed by atoms with Gasteiger partial charge in [-0.2, -0.15) is 0 Å². The van der Waals surface area contributed by atoms with E-state index in [2.05, 4.69) is 5.32 Å². The van der Waals surface area contributed by atoms with Crippen LogP contribution in [0, 0.1) is 5.92 Å². The molecular formula is C24H26N2O4. The Labute approximate surface area is 176 Å². The molecule has 2 fully saturated rings. The molecule has 2 heterocycles. The van der Waals surface area contributed by atoms with Crippen molar-refractivity contribution in [1.82, 2.24) is 10.2 Å². The maximum atomic E-state index is 13.3. The monoisotopic (exact) mass is 406 g/mol. The fraction of sp³-hybridized carbons (Fsp3) is 0.417. The quantitative estimate of drug-likeness (QED) is 0.844. The standard InChI is InChI=1S/C24H26N2O4/c27-23(25-14-16-10-11-21-22(12-16)30-15-29-21)20-13-18-8-4-5-9-19(18)26(20)24(28)17-6-2-1-3-7-17/h1-3,6-7,10-12,18-20H,4-5,8-9,13-15H2,(H,25,27). The van der Waals surface area contributed by atoms with Crippen LogP contribution in [0.15, 0.2) is 48.5 Å². The van der Waals surface area contributed by atoms with Crippen molar-refractivity contribution in [1.29, 1.82) is 0 Å². The van der Waals surface area contributed by atoms with Crippen molar-refractivity contribution in [3.05, 3.63) is 59.7 Å². The summed E-state index contributed by atoms with van der Waals surface area (Å²) in [6.07, 6.45) is 5.12. The van der Waals surface area contributed by atoms with Crippen LogP contribution in [0.1, 0.15) is 48.0 Å². The molecule has 6 nitrogen and oxygen atoms in total. The Bertz CT molecular complexity index is 945. The molecule has 0 radical (unpaired) electrons. The van der Waals surface area contributed by atoms with Gasteiger partial charge in [0, 0.05) is 18.2 Å². The molecule has 0 spiro atoms. The van der Waals surface area contributed by atoms with Crippen LogP contribution in [0.3, 0.4) is 0 Å². The highest BCUT2D eigenvalue weighted by Gasteiger charge is 2.47. The fourth-order valence-corrected chi connectivity index (χ4v) is 5.07. The van der Waals surface area contributed by atoms with Gasteiger partial charge in [0.1, 0.15) is 6.04 Å². The molecule has 1 N–H and O–H groups in total. The van der Waals surface area contributed by atoms with E-state index in [-0.39, 0.29) is 24.6 Å². The molecule has 3 aliphatic rings. The van der Waals surface area contributed by atoms with E-state index < -0.39 is 6.04 Å². The zero-order valence-corrected chi connectivity index (χ0v) is 16.9. The topological polar surface area (TPSA) is 67.9 Å². The van der Waals surface area contributed by atoms with Gasteiger partial charge in [-0.25, -0.2) is 0 Å². The second-order valence-electron chi connectivity index (χ2n) is 8.35. The number of fused-ring (bicyclic) bond motifs is 2. The maximum Gasteiger partial charge on any atom is 0.254 e. The zero-order valence-electron chi connectivity index (χ0n) is 16.9. The molecule has 0 aromatic heterocycles. The Morgan fingerprint density at radius 3 is 2.67 bits per heavy atom. The Kier molecular flexibility index (Phi) is 5.07. The molecule has 2 aliphatic heterocycles. The lowest BCUT2D eigenvalue weighted by Crippen LogP contribution is -2.49. The first kappa shape index (κ1) is 19.0. The number of amides is 2. The smallest absolute Gasteiger partial charge is 0.254 e. The summed E-state index contributed by atoms with van der Waals surface area (Å²) < 4.78 is 10.8. The first-order valence-corrected chi connectivity index (χ1v) is 10.7. The average Bonchev–Trinajstić information content (AvgIpc) is 3.41. The Morgan fingerprint density at radius 1 is 1.00 bits per heavy atom. The van der Waals surface area contributed by atoms with E-state index in [1.54, 1.807) is 0 Å². The summed E-state index contributed by atoms with van der Waals surface area (Å²) in [5, 5.41) is 3.05. The Morgan fingerprint density at radius 2 is 1.80 bits per heavy atom. The van der Waals surface area contributed by atoms with Crippen molar-refractivity contribution in [3.63, 3.8) is 0 Å². The molecule has 30 heavy (non-hydrogen) atoms. The molecule has 2 aromatic carbocycles. The lowest BCUT2D eigenvalue weighted by atomic mass is 9.84. The molecule has 156 valence electrons. The lowest BCUT2D eigenvalue weighted by Gasteiger charge is -2.33. The molecule has 1 saturated carbocycles. The van der Waals surface area contributed by atoms with E-state index in [1.165, 1.54) is 6.42 Å². The normalized spacial score (nSPS) is 24.4. The molecular weight excluding hydrogens is 380 g/mol. The summed E-state index contributed by atoms with van der Waals surface area (Å²) in [6, 6.07) is 14.7. The van der Waals surface area contributed by atoms with Crippen LogP contribution in [-0.4, -0.2) is 35.6 Å². The van der Waals surface area contributed by atoms with Crippen LogP contribution in [0.25, 0.3) is 0 Å². The van der Waals surface area contributed by atoms with Crippen molar-refractivity contribution in [2.75, 3.05) is 6.79 Å². The number of ether oxygens (including phenoxy) is 2. The predicted molar refractivity (Wildman–Crippen MR) is 111 cm³/mol. The summed E-state index contributed by atoms with van der Waals surface area (Å²) in [6.45, 7) is 0.626. The van der Waals surface area contributed by atoms with Gasteiger partial charge in [-0.05, 0) is 55.0 Å². The highest BCUT2D eigenvalue weighted by Crippen LogP contribution is 2.40. The summed E-state index contributed by atoms with van der Waals surface area (Å²) >= 11 is 0. The van der Waals surface area contributed by atoms with Gasteiger partial charge >= 0.3 is 0 Å². The molecule has 6 heteroatoms. The van der Waals surface area contributed by atoms with E-state index in [9.17, 15) is 9.59 Å². The number of rotatable bonds is 4. The van der Waals surface area contributed by atoms with Crippen LogP contribution in [-0.2, 0) is 11.3 Å². The number of carbonyl (C=O) groups is 2. The molecule has 1 saturated heterocycles. The van der Waals surface area contributed by atoms with Gasteiger partial charge in [0.25, 0.3) is 5.91 Å². The number of benzene rings is 2. The number of nitrogens with one attached hydrogen (secondary N) is 1. The van der Waals surface area contributed by atoms with E-state index in [0.717, 1.165) is 37.0 Å². The molecule has 3 unspecified atom stereocenters. The maximum absolute atomic E-state index is 13.3. The van der Waals surface area contributed by atoms with Gasteiger partial charge in [-0.1, -0.05) is 37.1 Å². The SMILES string of the molecule is O=C(NCc1ccc2c(c1)OCO2)C1CC2CCCCC2N1C(=O)c1ccccc1. The van der Waals surface area contributed by atoms with Crippen molar-refractivity contribution >= 4 is 11.8 Å². The van der Waals surface area contributed by atoms with Gasteiger partial charge in [-0.15, -0.1) is 0 Å². The van der Waals surface area contributed by atoms with E-state index in [1.807, 2.05) is 53.4 Å². The van der Waals surface area contributed by atoms with Gasteiger partial charge < -0.3 is 19.7 Å². The molecule has 1 aliphatic carbocycles. The largest absolute Gasteiger partial charge is 0.454 e. The molecule has 0 bridgehead atoms. The third kappa shape index (κ3) is 3.51. The number of carbonyl (C=O) groups excluding carboxylic acids is 2. The van der Waals surface area contributed by atoms with Gasteiger partial charge in [0.05, 0.1) is 0 Å².